The number of aromatic nitrogens is 4. The topological polar surface area (TPSA) is 114 Å². The van der Waals surface area contributed by atoms with E-state index in [2.05, 4.69) is 26.3 Å². The maximum atomic E-state index is 13.0. The van der Waals surface area contributed by atoms with Crippen molar-refractivity contribution in [3.05, 3.63) is 59.0 Å². The molecule has 0 bridgehead atoms. The Bertz CT molecular complexity index is 1340. The van der Waals surface area contributed by atoms with E-state index in [-0.39, 0.29) is 18.1 Å². The maximum absolute atomic E-state index is 13.0. The van der Waals surface area contributed by atoms with E-state index in [0.29, 0.717) is 28.9 Å². The smallest absolute Gasteiger partial charge is 0.232 e. The predicted octanol–water partition coefficient (Wildman–Crippen LogP) is 3.39. The van der Waals surface area contributed by atoms with Crippen LogP contribution in [0.25, 0.3) is 22.4 Å². The predicted molar refractivity (Wildman–Crippen MR) is 115 cm³/mol. The third-order valence-electron chi connectivity index (χ3n) is 5.26. The molecule has 31 heavy (non-hydrogen) atoms. The van der Waals surface area contributed by atoms with E-state index in [9.17, 15) is 14.9 Å². The second kappa shape index (κ2) is 7.74. The number of para-hydroxylation sites is 2. The molecule has 1 amide bonds. The average Bonchev–Trinajstić information content (AvgIpc) is 3.40. The third-order valence-corrected chi connectivity index (χ3v) is 6.17. The van der Waals surface area contributed by atoms with E-state index in [1.807, 2.05) is 47.0 Å². The first-order valence-electron chi connectivity index (χ1n) is 9.69. The fourth-order valence-corrected chi connectivity index (χ4v) is 4.58. The van der Waals surface area contributed by atoms with Gasteiger partial charge >= 0.3 is 0 Å². The maximum Gasteiger partial charge on any atom is 0.232 e. The molecule has 4 heterocycles. The standard InChI is InChI=1S/C22H16N6O2S/c23-10-14(21-25-17(12-31-21)15-5-3-4-8-24-15)19(29)9-13-11-28-18-7-2-1-6-16(18)26-22(28)27-20(13)30/h1-8,12-14H,9,11H2,(H,26,27,30). The van der Waals surface area contributed by atoms with Gasteiger partial charge in [-0.2, -0.15) is 5.26 Å². The summed E-state index contributed by atoms with van der Waals surface area (Å²) in [5.41, 5.74) is 2.98. The van der Waals surface area contributed by atoms with Crippen molar-refractivity contribution < 1.29 is 9.59 Å². The van der Waals surface area contributed by atoms with E-state index in [0.717, 1.165) is 11.0 Å². The number of carbonyl (C=O) groups excluding carboxylic acids is 2. The molecule has 5 rings (SSSR count). The molecule has 3 aromatic heterocycles. The van der Waals surface area contributed by atoms with Crippen LogP contribution in [0.3, 0.4) is 0 Å². The lowest BCUT2D eigenvalue weighted by molar-refractivity contribution is -0.127. The van der Waals surface area contributed by atoms with Gasteiger partial charge in [0, 0.05) is 24.5 Å². The Hall–Kier alpha value is -3.90. The van der Waals surface area contributed by atoms with Crippen LogP contribution in [0.15, 0.2) is 54.0 Å². The van der Waals surface area contributed by atoms with Crippen molar-refractivity contribution in [1.82, 2.24) is 19.5 Å². The van der Waals surface area contributed by atoms with E-state index >= 15 is 0 Å². The van der Waals surface area contributed by atoms with Crippen LogP contribution in [0, 0.1) is 17.2 Å². The highest BCUT2D eigenvalue weighted by Gasteiger charge is 2.33. The summed E-state index contributed by atoms with van der Waals surface area (Å²) in [5, 5.41) is 14.6. The van der Waals surface area contributed by atoms with Gasteiger partial charge in [-0.3, -0.25) is 19.9 Å². The molecule has 0 fully saturated rings. The van der Waals surface area contributed by atoms with Gasteiger partial charge in [0.2, 0.25) is 11.9 Å². The molecule has 1 aliphatic rings. The van der Waals surface area contributed by atoms with Crippen LogP contribution >= 0.6 is 11.3 Å². The summed E-state index contributed by atoms with van der Waals surface area (Å²) in [5.74, 6) is -1.70. The summed E-state index contributed by atoms with van der Waals surface area (Å²) in [6, 6.07) is 15.1. The summed E-state index contributed by atoms with van der Waals surface area (Å²) >= 11 is 1.25. The molecule has 2 unspecified atom stereocenters. The molecule has 0 aliphatic carbocycles. The fourth-order valence-electron chi connectivity index (χ4n) is 3.71. The van der Waals surface area contributed by atoms with Gasteiger partial charge < -0.3 is 4.57 Å². The second-order valence-corrected chi connectivity index (χ2v) is 8.13. The van der Waals surface area contributed by atoms with E-state index in [4.69, 9.17) is 0 Å². The Kier molecular flexibility index (Phi) is 4.76. The van der Waals surface area contributed by atoms with Gasteiger partial charge in [0.05, 0.1) is 34.4 Å². The molecule has 0 radical (unpaired) electrons. The summed E-state index contributed by atoms with van der Waals surface area (Å²) in [7, 11) is 0. The number of pyridine rings is 1. The van der Waals surface area contributed by atoms with Crippen molar-refractivity contribution in [2.45, 2.75) is 18.9 Å². The summed E-state index contributed by atoms with van der Waals surface area (Å²) in [4.78, 5) is 38.7. The van der Waals surface area contributed by atoms with Gasteiger partial charge in [0.25, 0.3) is 0 Å². The number of fused-ring (bicyclic) bond motifs is 3. The Balaban J connectivity index is 1.36. The molecule has 152 valence electrons. The van der Waals surface area contributed by atoms with Crippen molar-refractivity contribution in [3.8, 4) is 17.5 Å². The molecule has 8 nitrogen and oxygen atoms in total. The van der Waals surface area contributed by atoms with Crippen LogP contribution in [-0.2, 0) is 16.1 Å². The zero-order valence-electron chi connectivity index (χ0n) is 16.2. The first kappa shape index (κ1) is 19.1. The summed E-state index contributed by atoms with van der Waals surface area (Å²) < 4.78 is 1.90. The van der Waals surface area contributed by atoms with Crippen LogP contribution in [0.2, 0.25) is 0 Å². The molecule has 0 saturated carbocycles. The first-order chi connectivity index (χ1) is 15.1. The normalized spacial score (nSPS) is 16.4. The van der Waals surface area contributed by atoms with E-state index in [1.54, 1.807) is 11.6 Å². The number of rotatable bonds is 5. The lowest BCUT2D eigenvalue weighted by atomic mass is 9.93. The minimum Gasteiger partial charge on any atom is -0.309 e. The van der Waals surface area contributed by atoms with Gasteiger partial charge in [-0.1, -0.05) is 18.2 Å². The molecule has 9 heteroatoms. The zero-order chi connectivity index (χ0) is 21.4. The van der Waals surface area contributed by atoms with Crippen molar-refractivity contribution in [3.63, 3.8) is 0 Å². The molecule has 0 saturated heterocycles. The molecule has 1 aliphatic heterocycles. The first-order valence-corrected chi connectivity index (χ1v) is 10.6. The lowest BCUT2D eigenvalue weighted by Gasteiger charge is -2.23. The number of imidazole rings is 1. The number of hydrogen-bond donors (Lipinski definition) is 1. The van der Waals surface area contributed by atoms with E-state index < -0.39 is 11.8 Å². The number of thiazole rings is 1. The number of benzene rings is 1. The lowest BCUT2D eigenvalue weighted by Crippen LogP contribution is -2.35. The van der Waals surface area contributed by atoms with Crippen molar-refractivity contribution >= 4 is 40.0 Å². The number of nitrogens with zero attached hydrogens (tertiary/aromatic N) is 5. The Morgan fingerprint density at radius 3 is 2.87 bits per heavy atom. The van der Waals surface area contributed by atoms with Gasteiger partial charge in [0.15, 0.2) is 11.7 Å². The van der Waals surface area contributed by atoms with Crippen molar-refractivity contribution in [2.24, 2.45) is 5.92 Å². The number of anilines is 1. The van der Waals surface area contributed by atoms with Crippen LogP contribution < -0.4 is 5.32 Å². The monoisotopic (exact) mass is 428 g/mol. The second-order valence-electron chi connectivity index (χ2n) is 7.24. The molecular formula is C22H16N6O2S. The highest BCUT2D eigenvalue weighted by Crippen LogP contribution is 2.30. The van der Waals surface area contributed by atoms with Gasteiger partial charge in [0.1, 0.15) is 5.01 Å². The Morgan fingerprint density at radius 2 is 2.06 bits per heavy atom. The number of nitrogens with one attached hydrogen (secondary N) is 1. The number of Topliss-reactive ketones (excluding diaryl/α,β-unsaturated/α-hetero) is 1. The number of amides is 1. The highest BCUT2D eigenvalue weighted by molar-refractivity contribution is 7.10. The minimum atomic E-state index is -1.02. The largest absolute Gasteiger partial charge is 0.309 e. The minimum absolute atomic E-state index is 0.0471. The van der Waals surface area contributed by atoms with Gasteiger partial charge in [-0.25, -0.2) is 9.97 Å². The summed E-state index contributed by atoms with van der Waals surface area (Å²) in [6.45, 7) is 0.336. The molecular weight excluding hydrogens is 412 g/mol. The number of nitriles is 1. The average molecular weight is 428 g/mol. The zero-order valence-corrected chi connectivity index (χ0v) is 17.0. The highest BCUT2D eigenvalue weighted by atomic mass is 32.1. The quantitative estimate of drug-likeness (QED) is 0.521. The van der Waals surface area contributed by atoms with Crippen LogP contribution in [-0.4, -0.2) is 31.2 Å². The number of ketones is 1. The molecule has 1 N–H and O–H groups in total. The fraction of sp³-hybridized carbons (Fsp3) is 0.182. The molecule has 1 aromatic carbocycles. The van der Waals surface area contributed by atoms with E-state index in [1.165, 1.54) is 11.3 Å². The number of carbonyl (C=O) groups is 2. The SMILES string of the molecule is N#CC(C(=O)CC1Cn2c(nc3ccccc32)NC1=O)c1nc(-c2ccccn2)cs1. The Morgan fingerprint density at radius 1 is 1.23 bits per heavy atom. The van der Waals surface area contributed by atoms with Crippen molar-refractivity contribution in [2.75, 3.05) is 5.32 Å². The Labute approximate surface area is 181 Å². The summed E-state index contributed by atoms with van der Waals surface area (Å²) in [6.07, 6.45) is 1.62. The third kappa shape index (κ3) is 3.47. The van der Waals surface area contributed by atoms with Gasteiger partial charge in [-0.05, 0) is 24.3 Å². The van der Waals surface area contributed by atoms with Crippen LogP contribution in [0.5, 0.6) is 0 Å². The number of hydrogen-bond acceptors (Lipinski definition) is 7. The molecule has 4 aromatic rings. The van der Waals surface area contributed by atoms with Crippen LogP contribution in [0.1, 0.15) is 17.3 Å². The van der Waals surface area contributed by atoms with Gasteiger partial charge in [-0.15, -0.1) is 11.3 Å². The van der Waals surface area contributed by atoms with Crippen molar-refractivity contribution in [1.29, 1.82) is 5.26 Å². The molecule has 2 atom stereocenters. The molecule has 0 spiro atoms. The van der Waals surface area contributed by atoms with Crippen LogP contribution in [0.4, 0.5) is 5.95 Å².